The van der Waals surface area contributed by atoms with Crippen molar-refractivity contribution in [1.82, 2.24) is 4.98 Å². The van der Waals surface area contributed by atoms with Gasteiger partial charge in [-0.15, -0.1) is 0 Å². The van der Waals surface area contributed by atoms with Gasteiger partial charge in [0.25, 0.3) is 0 Å². The summed E-state index contributed by atoms with van der Waals surface area (Å²) in [5, 5.41) is 0.434. The van der Waals surface area contributed by atoms with Gasteiger partial charge in [0, 0.05) is 22.3 Å². The summed E-state index contributed by atoms with van der Waals surface area (Å²) in [6.45, 7) is 0. The van der Waals surface area contributed by atoms with Crippen molar-refractivity contribution in [2.75, 3.05) is 0 Å². The standard InChI is InChI=1S/C12H7ClFNO/c13-11-2-8(7-16)1-9(3-11)10-4-12(14)6-15-5-10/h1-7H. The van der Waals surface area contributed by atoms with Crippen molar-refractivity contribution in [3.05, 3.63) is 53.1 Å². The second kappa shape index (κ2) is 4.41. The van der Waals surface area contributed by atoms with Crippen LogP contribution >= 0.6 is 11.6 Å². The molecule has 0 N–H and O–H groups in total. The molecule has 16 heavy (non-hydrogen) atoms. The van der Waals surface area contributed by atoms with Gasteiger partial charge in [0.1, 0.15) is 12.1 Å². The topological polar surface area (TPSA) is 30.0 Å². The Balaban J connectivity index is 2.55. The first-order valence-electron chi connectivity index (χ1n) is 4.56. The number of pyridine rings is 1. The van der Waals surface area contributed by atoms with Crippen LogP contribution in [-0.2, 0) is 0 Å². The van der Waals surface area contributed by atoms with Crippen molar-refractivity contribution < 1.29 is 9.18 Å². The summed E-state index contributed by atoms with van der Waals surface area (Å²) < 4.78 is 13.0. The molecule has 0 aliphatic rings. The average Bonchev–Trinajstić information content (AvgIpc) is 2.28. The number of rotatable bonds is 2. The zero-order chi connectivity index (χ0) is 11.5. The van der Waals surface area contributed by atoms with E-state index in [2.05, 4.69) is 4.98 Å². The molecule has 1 aromatic heterocycles. The fourth-order valence-electron chi connectivity index (χ4n) is 1.42. The molecule has 80 valence electrons. The van der Waals surface area contributed by atoms with Gasteiger partial charge in [-0.05, 0) is 29.8 Å². The average molecular weight is 236 g/mol. The number of benzene rings is 1. The molecule has 4 heteroatoms. The second-order valence-electron chi connectivity index (χ2n) is 3.28. The molecule has 0 unspecified atom stereocenters. The van der Waals surface area contributed by atoms with E-state index in [-0.39, 0.29) is 0 Å². The first-order valence-corrected chi connectivity index (χ1v) is 4.93. The van der Waals surface area contributed by atoms with Crippen molar-refractivity contribution in [2.45, 2.75) is 0 Å². The lowest BCUT2D eigenvalue weighted by Crippen LogP contribution is -1.86. The Hall–Kier alpha value is -1.74. The molecule has 2 aromatic rings. The highest BCUT2D eigenvalue weighted by Crippen LogP contribution is 2.24. The molecule has 1 aromatic carbocycles. The number of hydrogen-bond donors (Lipinski definition) is 0. The minimum atomic E-state index is -0.426. The van der Waals surface area contributed by atoms with Gasteiger partial charge in [-0.1, -0.05) is 11.6 Å². The number of halogens is 2. The van der Waals surface area contributed by atoms with Gasteiger partial charge in [-0.2, -0.15) is 0 Å². The van der Waals surface area contributed by atoms with Crippen LogP contribution in [0.1, 0.15) is 10.4 Å². The molecule has 0 saturated carbocycles. The number of nitrogens with zero attached hydrogens (tertiary/aromatic N) is 1. The maximum absolute atomic E-state index is 13.0. The molecule has 0 atom stereocenters. The molecule has 1 heterocycles. The van der Waals surface area contributed by atoms with Crippen molar-refractivity contribution >= 4 is 17.9 Å². The van der Waals surface area contributed by atoms with Gasteiger partial charge in [0.2, 0.25) is 0 Å². The third-order valence-electron chi connectivity index (χ3n) is 2.09. The smallest absolute Gasteiger partial charge is 0.150 e. The molecule has 0 aliphatic heterocycles. The van der Waals surface area contributed by atoms with Gasteiger partial charge in [0.05, 0.1) is 6.20 Å². The number of aldehydes is 1. The van der Waals surface area contributed by atoms with Gasteiger partial charge < -0.3 is 0 Å². The summed E-state index contributed by atoms with van der Waals surface area (Å²) in [5.41, 5.74) is 1.71. The fraction of sp³-hybridized carbons (Fsp3) is 0. The summed E-state index contributed by atoms with van der Waals surface area (Å²) >= 11 is 5.85. The Morgan fingerprint density at radius 2 is 1.94 bits per heavy atom. The lowest BCUT2D eigenvalue weighted by atomic mass is 10.1. The summed E-state index contributed by atoms with van der Waals surface area (Å²) in [5.74, 6) is -0.426. The monoisotopic (exact) mass is 235 g/mol. The van der Waals surface area contributed by atoms with Crippen LogP contribution in [0.15, 0.2) is 36.7 Å². The van der Waals surface area contributed by atoms with Crippen LogP contribution in [0.4, 0.5) is 4.39 Å². The molecule has 0 radical (unpaired) electrons. The van der Waals surface area contributed by atoms with Crippen LogP contribution in [-0.4, -0.2) is 11.3 Å². The van der Waals surface area contributed by atoms with Crippen LogP contribution in [0.3, 0.4) is 0 Å². The molecule has 0 amide bonds. The molecule has 0 spiro atoms. The number of hydrogen-bond acceptors (Lipinski definition) is 2. The van der Waals surface area contributed by atoms with Crippen molar-refractivity contribution in [1.29, 1.82) is 0 Å². The predicted octanol–water partition coefficient (Wildman–Crippen LogP) is 3.35. The predicted molar refractivity (Wildman–Crippen MR) is 60.0 cm³/mol. The number of carbonyl (C=O) groups is 1. The number of aromatic nitrogens is 1. The zero-order valence-corrected chi connectivity index (χ0v) is 8.91. The highest BCUT2D eigenvalue weighted by atomic mass is 35.5. The normalized spacial score (nSPS) is 10.1. The van der Waals surface area contributed by atoms with Crippen LogP contribution < -0.4 is 0 Å². The highest BCUT2D eigenvalue weighted by molar-refractivity contribution is 6.31. The van der Waals surface area contributed by atoms with Gasteiger partial charge in [-0.25, -0.2) is 4.39 Å². The van der Waals surface area contributed by atoms with E-state index < -0.39 is 5.82 Å². The van der Waals surface area contributed by atoms with E-state index in [1.54, 1.807) is 18.2 Å². The maximum atomic E-state index is 13.0. The van der Waals surface area contributed by atoms with E-state index in [0.29, 0.717) is 28.0 Å². The number of carbonyl (C=O) groups excluding carboxylic acids is 1. The Morgan fingerprint density at radius 1 is 1.12 bits per heavy atom. The van der Waals surface area contributed by atoms with Crippen molar-refractivity contribution in [3.8, 4) is 11.1 Å². The minimum absolute atomic E-state index is 0.426. The van der Waals surface area contributed by atoms with Crippen LogP contribution in [0.5, 0.6) is 0 Å². The van der Waals surface area contributed by atoms with Gasteiger partial charge >= 0.3 is 0 Å². The van der Waals surface area contributed by atoms with E-state index in [1.807, 2.05) is 0 Å². The Kier molecular flexibility index (Phi) is 2.97. The van der Waals surface area contributed by atoms with Crippen LogP contribution in [0, 0.1) is 5.82 Å². The lowest BCUT2D eigenvalue weighted by molar-refractivity contribution is 0.112. The van der Waals surface area contributed by atoms with Crippen molar-refractivity contribution in [3.63, 3.8) is 0 Å². The molecular formula is C12H7ClFNO. The Bertz CT molecular complexity index is 542. The fourth-order valence-corrected chi connectivity index (χ4v) is 1.66. The van der Waals surface area contributed by atoms with Crippen molar-refractivity contribution in [2.24, 2.45) is 0 Å². The molecule has 0 aliphatic carbocycles. The molecule has 2 rings (SSSR count). The Labute approximate surface area is 96.7 Å². The van der Waals surface area contributed by atoms with Crippen LogP contribution in [0.25, 0.3) is 11.1 Å². The molecule has 0 fully saturated rings. The molecule has 0 saturated heterocycles. The van der Waals surface area contributed by atoms with E-state index in [4.69, 9.17) is 11.6 Å². The zero-order valence-electron chi connectivity index (χ0n) is 8.15. The second-order valence-corrected chi connectivity index (χ2v) is 3.72. The lowest BCUT2D eigenvalue weighted by Gasteiger charge is -2.03. The van der Waals surface area contributed by atoms with E-state index in [1.165, 1.54) is 12.3 Å². The summed E-state index contributed by atoms with van der Waals surface area (Å²) in [6.07, 6.45) is 3.33. The largest absolute Gasteiger partial charge is 0.298 e. The SMILES string of the molecule is O=Cc1cc(Cl)cc(-c2cncc(F)c2)c1. The maximum Gasteiger partial charge on any atom is 0.150 e. The highest BCUT2D eigenvalue weighted by Gasteiger charge is 2.03. The van der Waals surface area contributed by atoms with Gasteiger partial charge in [0.15, 0.2) is 0 Å². The first kappa shape index (κ1) is 10.8. The quantitative estimate of drug-likeness (QED) is 0.747. The summed E-state index contributed by atoms with van der Waals surface area (Å²) in [4.78, 5) is 14.4. The molecule has 0 bridgehead atoms. The first-order chi connectivity index (χ1) is 7.69. The molecular weight excluding hydrogens is 229 g/mol. The van der Waals surface area contributed by atoms with Crippen LogP contribution in [0.2, 0.25) is 5.02 Å². The third kappa shape index (κ3) is 2.25. The minimum Gasteiger partial charge on any atom is -0.298 e. The molecule has 2 nitrogen and oxygen atoms in total. The summed E-state index contributed by atoms with van der Waals surface area (Å²) in [6, 6.07) is 6.18. The Morgan fingerprint density at radius 3 is 2.62 bits per heavy atom. The van der Waals surface area contributed by atoms with E-state index >= 15 is 0 Å². The summed E-state index contributed by atoms with van der Waals surface area (Å²) in [7, 11) is 0. The van der Waals surface area contributed by atoms with E-state index in [0.717, 1.165) is 6.20 Å². The van der Waals surface area contributed by atoms with Gasteiger partial charge in [-0.3, -0.25) is 9.78 Å². The van der Waals surface area contributed by atoms with E-state index in [9.17, 15) is 9.18 Å². The third-order valence-corrected chi connectivity index (χ3v) is 2.31.